The van der Waals surface area contributed by atoms with Crippen LogP contribution in [0.25, 0.3) is 0 Å². The van der Waals surface area contributed by atoms with Crippen molar-refractivity contribution in [2.45, 2.75) is 6.92 Å². The second-order valence-corrected chi connectivity index (χ2v) is 6.67. The molecule has 2 N–H and O–H groups in total. The van der Waals surface area contributed by atoms with Crippen molar-refractivity contribution in [3.8, 4) is 5.75 Å². The maximum atomic E-state index is 12.4. The van der Waals surface area contributed by atoms with Crippen LogP contribution in [-0.2, 0) is 0 Å². The molecule has 0 aliphatic carbocycles. The van der Waals surface area contributed by atoms with E-state index in [1.54, 1.807) is 9.80 Å². The van der Waals surface area contributed by atoms with Gasteiger partial charge in [0.2, 0.25) is 0 Å². The molecule has 0 unspecified atom stereocenters. The molecule has 1 fully saturated rings. The Morgan fingerprint density at radius 2 is 1.48 bits per heavy atom. The number of carbonyl (C=O) groups excluding carboxylic acids is 1. The third-order valence-electron chi connectivity index (χ3n) is 5.04. The van der Waals surface area contributed by atoms with Crippen LogP contribution in [-0.4, -0.2) is 51.7 Å². The van der Waals surface area contributed by atoms with Gasteiger partial charge in [-0.2, -0.15) is 0 Å². The van der Waals surface area contributed by atoms with Gasteiger partial charge in [-0.05, 0) is 31.2 Å². The highest BCUT2D eigenvalue weighted by Gasteiger charge is 2.21. The molecule has 2 aromatic rings. The normalized spacial score (nSPS) is 20.2. The first-order chi connectivity index (χ1) is 12.3. The van der Waals surface area contributed by atoms with E-state index in [0.717, 1.165) is 18.9 Å². The fourth-order valence-electron chi connectivity index (χ4n) is 3.33. The standard InChI is InChI=1S/C21H26N2O2/c1-2-22-12-14-23(15-13-22)16-17-25-20-10-8-19(9-11-20)21(24)18-6-4-3-5-7-18/h3-11H,2,12-17H2,1H3/p+2. The molecule has 2 aromatic carbocycles. The third kappa shape index (κ3) is 4.91. The van der Waals surface area contributed by atoms with E-state index in [-0.39, 0.29) is 5.78 Å². The van der Waals surface area contributed by atoms with Gasteiger partial charge < -0.3 is 14.5 Å². The zero-order valence-electron chi connectivity index (χ0n) is 15.0. The molecule has 0 bridgehead atoms. The van der Waals surface area contributed by atoms with Crippen LogP contribution in [0.2, 0.25) is 0 Å². The maximum Gasteiger partial charge on any atom is 0.193 e. The minimum atomic E-state index is 0.0490. The van der Waals surface area contributed by atoms with Crippen molar-refractivity contribution in [2.24, 2.45) is 0 Å². The predicted molar refractivity (Wildman–Crippen MR) is 98.6 cm³/mol. The van der Waals surface area contributed by atoms with Crippen LogP contribution in [0.15, 0.2) is 54.6 Å². The number of quaternary nitrogens is 2. The fourth-order valence-corrected chi connectivity index (χ4v) is 3.33. The minimum Gasteiger partial charge on any atom is -0.488 e. The van der Waals surface area contributed by atoms with Crippen molar-refractivity contribution in [1.82, 2.24) is 0 Å². The lowest BCUT2D eigenvalue weighted by Gasteiger charge is -2.28. The number of rotatable bonds is 7. The van der Waals surface area contributed by atoms with Crippen molar-refractivity contribution in [1.29, 1.82) is 0 Å². The summed E-state index contributed by atoms with van der Waals surface area (Å²) >= 11 is 0. The molecule has 1 saturated heterocycles. The number of likely N-dealkylation sites (N-methyl/N-ethyl adjacent to an activating group) is 1. The van der Waals surface area contributed by atoms with Gasteiger partial charge in [0.1, 0.15) is 45.1 Å². The average molecular weight is 340 g/mol. The molecule has 3 rings (SSSR count). The summed E-state index contributed by atoms with van der Waals surface area (Å²) in [4.78, 5) is 15.7. The summed E-state index contributed by atoms with van der Waals surface area (Å²) in [6.07, 6.45) is 0. The third-order valence-corrected chi connectivity index (χ3v) is 5.04. The summed E-state index contributed by atoms with van der Waals surface area (Å²) in [6.45, 7) is 10.3. The Kier molecular flexibility index (Phi) is 6.20. The quantitative estimate of drug-likeness (QED) is 0.702. The molecule has 0 saturated carbocycles. The Bertz CT molecular complexity index is 662. The molecule has 132 valence electrons. The molecule has 0 amide bonds. The van der Waals surface area contributed by atoms with Crippen molar-refractivity contribution in [3.63, 3.8) is 0 Å². The molecular formula is C21H28N2O2+2. The molecular weight excluding hydrogens is 312 g/mol. The molecule has 0 radical (unpaired) electrons. The molecule has 4 heteroatoms. The van der Waals surface area contributed by atoms with Gasteiger partial charge in [-0.15, -0.1) is 0 Å². The van der Waals surface area contributed by atoms with Crippen LogP contribution in [0.1, 0.15) is 22.8 Å². The van der Waals surface area contributed by atoms with E-state index in [1.165, 1.54) is 32.7 Å². The summed E-state index contributed by atoms with van der Waals surface area (Å²) in [6, 6.07) is 16.9. The Labute approximate surface area is 150 Å². The average Bonchev–Trinajstić information content (AvgIpc) is 2.69. The highest BCUT2D eigenvalue weighted by molar-refractivity contribution is 6.08. The highest BCUT2D eigenvalue weighted by Crippen LogP contribution is 2.15. The van der Waals surface area contributed by atoms with E-state index in [0.29, 0.717) is 11.1 Å². The molecule has 0 spiro atoms. The molecule has 0 atom stereocenters. The van der Waals surface area contributed by atoms with Gasteiger partial charge in [0.15, 0.2) is 5.78 Å². The summed E-state index contributed by atoms with van der Waals surface area (Å²) in [5.41, 5.74) is 1.41. The number of piperazine rings is 1. The van der Waals surface area contributed by atoms with Gasteiger partial charge in [0, 0.05) is 11.1 Å². The largest absolute Gasteiger partial charge is 0.488 e. The zero-order chi connectivity index (χ0) is 17.5. The first-order valence-electron chi connectivity index (χ1n) is 9.26. The van der Waals surface area contributed by atoms with E-state index in [4.69, 9.17) is 4.74 Å². The number of carbonyl (C=O) groups is 1. The van der Waals surface area contributed by atoms with Crippen LogP contribution in [0.4, 0.5) is 0 Å². The summed E-state index contributed by atoms with van der Waals surface area (Å²) < 4.78 is 5.86. The number of ketones is 1. The molecule has 25 heavy (non-hydrogen) atoms. The lowest BCUT2D eigenvalue weighted by Crippen LogP contribution is -3.28. The Hall–Kier alpha value is -2.17. The van der Waals surface area contributed by atoms with E-state index in [9.17, 15) is 4.79 Å². The van der Waals surface area contributed by atoms with Crippen molar-refractivity contribution in [2.75, 3.05) is 45.9 Å². The summed E-state index contributed by atoms with van der Waals surface area (Å²) in [5, 5.41) is 0. The first-order valence-corrected chi connectivity index (χ1v) is 9.26. The van der Waals surface area contributed by atoms with Gasteiger partial charge in [-0.1, -0.05) is 30.3 Å². The minimum absolute atomic E-state index is 0.0490. The van der Waals surface area contributed by atoms with E-state index >= 15 is 0 Å². The summed E-state index contributed by atoms with van der Waals surface area (Å²) in [7, 11) is 0. The van der Waals surface area contributed by atoms with Crippen molar-refractivity contribution >= 4 is 5.78 Å². The number of ether oxygens (including phenoxy) is 1. The lowest BCUT2D eigenvalue weighted by molar-refractivity contribution is -1.01. The van der Waals surface area contributed by atoms with Crippen molar-refractivity contribution in [3.05, 3.63) is 65.7 Å². The number of benzene rings is 2. The Balaban J connectivity index is 1.46. The molecule has 0 aromatic heterocycles. The van der Waals surface area contributed by atoms with Crippen molar-refractivity contribution < 1.29 is 19.3 Å². The summed E-state index contributed by atoms with van der Waals surface area (Å²) in [5.74, 6) is 0.884. The van der Waals surface area contributed by atoms with E-state index < -0.39 is 0 Å². The molecule has 1 heterocycles. The fraction of sp³-hybridized carbons (Fsp3) is 0.381. The second kappa shape index (κ2) is 8.79. The first kappa shape index (κ1) is 17.6. The van der Waals surface area contributed by atoms with Crippen LogP contribution < -0.4 is 14.5 Å². The maximum absolute atomic E-state index is 12.4. The van der Waals surface area contributed by atoms with E-state index in [2.05, 4.69) is 6.92 Å². The zero-order valence-corrected chi connectivity index (χ0v) is 15.0. The number of hydrogen-bond acceptors (Lipinski definition) is 2. The van der Waals surface area contributed by atoms with Gasteiger partial charge >= 0.3 is 0 Å². The topological polar surface area (TPSA) is 35.2 Å². The molecule has 1 aliphatic rings. The number of nitrogens with one attached hydrogen (secondary N) is 2. The highest BCUT2D eigenvalue weighted by atomic mass is 16.5. The van der Waals surface area contributed by atoms with Crippen LogP contribution in [0.5, 0.6) is 5.75 Å². The van der Waals surface area contributed by atoms with Gasteiger partial charge in [0.25, 0.3) is 0 Å². The predicted octanol–water partition coefficient (Wildman–Crippen LogP) is 0.0997. The van der Waals surface area contributed by atoms with E-state index in [1.807, 2.05) is 54.6 Å². The van der Waals surface area contributed by atoms with Crippen LogP contribution >= 0.6 is 0 Å². The monoisotopic (exact) mass is 340 g/mol. The Morgan fingerprint density at radius 3 is 2.12 bits per heavy atom. The van der Waals surface area contributed by atoms with Crippen LogP contribution in [0.3, 0.4) is 0 Å². The molecule has 4 nitrogen and oxygen atoms in total. The van der Waals surface area contributed by atoms with Gasteiger partial charge in [0.05, 0.1) is 6.54 Å². The molecule has 1 aliphatic heterocycles. The van der Waals surface area contributed by atoms with Gasteiger partial charge in [-0.3, -0.25) is 4.79 Å². The Morgan fingerprint density at radius 1 is 0.880 bits per heavy atom. The van der Waals surface area contributed by atoms with Crippen LogP contribution in [0, 0.1) is 0 Å². The smallest absolute Gasteiger partial charge is 0.193 e. The number of hydrogen-bond donors (Lipinski definition) is 2. The SMILES string of the molecule is CC[NH+]1CC[NH+](CCOc2ccc(C(=O)c3ccccc3)cc2)CC1. The van der Waals surface area contributed by atoms with Gasteiger partial charge in [-0.25, -0.2) is 0 Å². The lowest BCUT2D eigenvalue weighted by atomic mass is 10.0. The second-order valence-electron chi connectivity index (χ2n) is 6.67.